The van der Waals surface area contributed by atoms with Crippen LogP contribution >= 0.6 is 11.3 Å². The molecule has 2 amide bonds. The molecule has 0 aliphatic carbocycles. The van der Waals surface area contributed by atoms with Crippen LogP contribution < -0.4 is 5.32 Å². The fourth-order valence-corrected chi connectivity index (χ4v) is 4.51. The van der Waals surface area contributed by atoms with Crippen molar-refractivity contribution in [3.05, 3.63) is 82.3 Å². The molecule has 1 saturated heterocycles. The van der Waals surface area contributed by atoms with Crippen molar-refractivity contribution in [2.45, 2.75) is 18.9 Å². The molecule has 30 heavy (non-hydrogen) atoms. The summed E-state index contributed by atoms with van der Waals surface area (Å²) >= 11 is 1.39. The minimum Gasteiger partial charge on any atom is -0.340 e. The molecule has 3 heterocycles. The maximum absolute atomic E-state index is 13.2. The van der Waals surface area contributed by atoms with Crippen LogP contribution in [-0.2, 0) is 0 Å². The van der Waals surface area contributed by atoms with Gasteiger partial charge < -0.3 is 15.2 Å². The number of thiophene rings is 1. The van der Waals surface area contributed by atoms with E-state index < -0.39 is 0 Å². The maximum Gasteiger partial charge on any atom is 0.265 e. The van der Waals surface area contributed by atoms with Crippen LogP contribution in [0, 0.1) is 0 Å². The number of amides is 2. The number of hydrogen-bond donors (Lipinski definition) is 2. The van der Waals surface area contributed by atoms with E-state index in [1.165, 1.54) is 11.3 Å². The summed E-state index contributed by atoms with van der Waals surface area (Å²) in [6.45, 7) is 0.706. The van der Waals surface area contributed by atoms with Gasteiger partial charge in [-0.2, -0.15) is 0 Å². The average molecular weight is 417 g/mol. The first kappa shape index (κ1) is 18.6. The van der Waals surface area contributed by atoms with Gasteiger partial charge in [-0.05, 0) is 60.7 Å². The summed E-state index contributed by atoms with van der Waals surface area (Å²) in [7, 11) is 0. The summed E-state index contributed by atoms with van der Waals surface area (Å²) in [6.07, 6.45) is 1.84. The Morgan fingerprint density at radius 1 is 1.07 bits per heavy atom. The van der Waals surface area contributed by atoms with Crippen LogP contribution in [0.2, 0.25) is 0 Å². The molecule has 1 fully saturated rings. The van der Waals surface area contributed by atoms with E-state index in [4.69, 9.17) is 4.98 Å². The number of nitrogens with one attached hydrogen (secondary N) is 2. The Bertz CT molecular complexity index is 1160. The Balaban J connectivity index is 1.32. The number of benzene rings is 2. The first-order valence-corrected chi connectivity index (χ1v) is 10.8. The number of aromatic nitrogens is 2. The zero-order valence-electron chi connectivity index (χ0n) is 16.2. The van der Waals surface area contributed by atoms with Gasteiger partial charge in [-0.3, -0.25) is 9.59 Å². The Labute approximate surface area is 177 Å². The molecule has 2 aromatic heterocycles. The standard InChI is InChI=1S/C23H20N4O2S/c28-22(20-8-4-14-30-20)24-16-11-9-15(10-12-16)23(29)27-13-3-7-19(27)21-25-17-5-1-2-6-18(17)26-21/h1-2,4-6,8-12,14,19H,3,7,13H2,(H,24,28)(H,25,26). The minimum absolute atomic E-state index is 0.0194. The van der Waals surface area contributed by atoms with Crippen LogP contribution in [0.4, 0.5) is 5.69 Å². The number of likely N-dealkylation sites (tertiary alicyclic amines) is 1. The number of carbonyl (C=O) groups is 2. The first-order valence-electron chi connectivity index (χ1n) is 9.89. The third-order valence-electron chi connectivity index (χ3n) is 5.37. The second kappa shape index (κ2) is 7.76. The quantitative estimate of drug-likeness (QED) is 0.499. The van der Waals surface area contributed by atoms with Crippen molar-refractivity contribution in [3.8, 4) is 0 Å². The van der Waals surface area contributed by atoms with E-state index in [0.29, 0.717) is 22.7 Å². The van der Waals surface area contributed by atoms with Gasteiger partial charge in [-0.15, -0.1) is 11.3 Å². The zero-order chi connectivity index (χ0) is 20.5. The Hall–Kier alpha value is -3.45. The molecule has 1 aliphatic heterocycles. The lowest BCUT2D eigenvalue weighted by molar-refractivity contribution is 0.0730. The molecule has 7 heteroatoms. The molecule has 1 unspecified atom stereocenters. The van der Waals surface area contributed by atoms with Gasteiger partial charge in [0.25, 0.3) is 11.8 Å². The van der Waals surface area contributed by atoms with E-state index in [1.807, 2.05) is 40.6 Å². The molecule has 1 atom stereocenters. The molecule has 2 aromatic carbocycles. The molecular formula is C23H20N4O2S. The van der Waals surface area contributed by atoms with Crippen molar-refractivity contribution in [2.75, 3.05) is 11.9 Å². The summed E-state index contributed by atoms with van der Waals surface area (Å²) in [4.78, 5) is 36.0. The van der Waals surface area contributed by atoms with E-state index in [-0.39, 0.29) is 17.9 Å². The molecule has 5 rings (SSSR count). The molecule has 0 saturated carbocycles. The SMILES string of the molecule is O=C(Nc1ccc(C(=O)N2CCCC2c2nc3ccccc3[nH]2)cc1)c1cccs1. The second-order valence-corrected chi connectivity index (χ2v) is 8.25. The Morgan fingerprint density at radius 2 is 1.90 bits per heavy atom. The molecule has 0 radical (unpaired) electrons. The minimum atomic E-state index is -0.145. The number of fused-ring (bicyclic) bond motifs is 1. The van der Waals surface area contributed by atoms with Gasteiger partial charge in [0.15, 0.2) is 0 Å². The first-order chi connectivity index (χ1) is 14.7. The fraction of sp³-hybridized carbons (Fsp3) is 0.174. The number of anilines is 1. The van der Waals surface area contributed by atoms with Crippen LogP contribution in [0.5, 0.6) is 0 Å². The van der Waals surface area contributed by atoms with E-state index >= 15 is 0 Å². The van der Waals surface area contributed by atoms with Crippen molar-refractivity contribution < 1.29 is 9.59 Å². The normalized spacial score (nSPS) is 16.1. The summed E-state index contributed by atoms with van der Waals surface area (Å²) in [5.74, 6) is 0.671. The second-order valence-electron chi connectivity index (χ2n) is 7.30. The monoisotopic (exact) mass is 416 g/mol. The van der Waals surface area contributed by atoms with Gasteiger partial charge in [0, 0.05) is 17.8 Å². The number of para-hydroxylation sites is 2. The topological polar surface area (TPSA) is 78.1 Å². The maximum atomic E-state index is 13.2. The predicted molar refractivity (Wildman–Crippen MR) is 118 cm³/mol. The lowest BCUT2D eigenvalue weighted by Gasteiger charge is -2.23. The number of rotatable bonds is 4. The number of carbonyl (C=O) groups excluding carboxylic acids is 2. The Morgan fingerprint density at radius 3 is 2.67 bits per heavy atom. The van der Waals surface area contributed by atoms with E-state index in [9.17, 15) is 9.59 Å². The number of hydrogen-bond acceptors (Lipinski definition) is 4. The summed E-state index contributed by atoms with van der Waals surface area (Å²) in [6, 6.07) is 18.5. The van der Waals surface area contributed by atoms with Gasteiger partial charge in [0.2, 0.25) is 0 Å². The lowest BCUT2D eigenvalue weighted by Crippen LogP contribution is -2.31. The molecule has 4 aromatic rings. The largest absolute Gasteiger partial charge is 0.340 e. The summed E-state index contributed by atoms with van der Waals surface area (Å²) in [5, 5.41) is 4.73. The highest BCUT2D eigenvalue weighted by Crippen LogP contribution is 2.32. The van der Waals surface area contributed by atoms with Crippen molar-refractivity contribution >= 4 is 39.9 Å². The van der Waals surface area contributed by atoms with E-state index in [0.717, 1.165) is 29.7 Å². The molecule has 6 nitrogen and oxygen atoms in total. The highest BCUT2D eigenvalue weighted by Gasteiger charge is 2.32. The highest BCUT2D eigenvalue weighted by atomic mass is 32.1. The van der Waals surface area contributed by atoms with Crippen molar-refractivity contribution in [1.29, 1.82) is 0 Å². The van der Waals surface area contributed by atoms with Crippen LogP contribution in [0.1, 0.15) is 44.7 Å². The summed E-state index contributed by atoms with van der Waals surface area (Å²) in [5.41, 5.74) is 3.17. The third kappa shape index (κ3) is 3.48. The Kier molecular flexibility index (Phi) is 4.80. The van der Waals surface area contributed by atoms with Crippen molar-refractivity contribution in [3.63, 3.8) is 0 Å². The molecule has 2 N–H and O–H groups in total. The van der Waals surface area contributed by atoms with Crippen LogP contribution in [-0.4, -0.2) is 33.2 Å². The summed E-state index contributed by atoms with van der Waals surface area (Å²) < 4.78 is 0. The van der Waals surface area contributed by atoms with E-state index in [1.54, 1.807) is 30.3 Å². The number of imidazole rings is 1. The van der Waals surface area contributed by atoms with Crippen LogP contribution in [0.15, 0.2) is 66.0 Å². The van der Waals surface area contributed by atoms with Gasteiger partial charge in [-0.1, -0.05) is 18.2 Å². The molecule has 150 valence electrons. The highest BCUT2D eigenvalue weighted by molar-refractivity contribution is 7.12. The molecule has 0 spiro atoms. The number of aromatic amines is 1. The lowest BCUT2D eigenvalue weighted by atomic mass is 10.1. The van der Waals surface area contributed by atoms with E-state index in [2.05, 4.69) is 10.3 Å². The number of H-pyrrole nitrogens is 1. The van der Waals surface area contributed by atoms with Crippen molar-refractivity contribution in [1.82, 2.24) is 14.9 Å². The van der Waals surface area contributed by atoms with Crippen molar-refractivity contribution in [2.24, 2.45) is 0 Å². The van der Waals surface area contributed by atoms with Crippen LogP contribution in [0.25, 0.3) is 11.0 Å². The van der Waals surface area contributed by atoms with Gasteiger partial charge in [-0.25, -0.2) is 4.98 Å². The number of nitrogens with zero attached hydrogens (tertiary/aromatic N) is 2. The average Bonchev–Trinajstić information content (AvgIpc) is 3.53. The predicted octanol–water partition coefficient (Wildman–Crippen LogP) is 4.85. The van der Waals surface area contributed by atoms with Gasteiger partial charge in [0.1, 0.15) is 5.82 Å². The van der Waals surface area contributed by atoms with Gasteiger partial charge >= 0.3 is 0 Å². The smallest absolute Gasteiger partial charge is 0.265 e. The molecule has 0 bridgehead atoms. The fourth-order valence-electron chi connectivity index (χ4n) is 3.89. The molecular weight excluding hydrogens is 396 g/mol. The molecule has 1 aliphatic rings. The van der Waals surface area contributed by atoms with Crippen LogP contribution in [0.3, 0.4) is 0 Å². The third-order valence-corrected chi connectivity index (χ3v) is 6.24. The van der Waals surface area contributed by atoms with Gasteiger partial charge in [0.05, 0.1) is 22.0 Å². The zero-order valence-corrected chi connectivity index (χ0v) is 17.0.